The summed E-state index contributed by atoms with van der Waals surface area (Å²) >= 11 is 0. The van der Waals surface area contributed by atoms with Gasteiger partial charge in [-0.1, -0.05) is 32.0 Å². The van der Waals surface area contributed by atoms with Crippen LogP contribution in [0, 0.1) is 5.92 Å². The number of rotatable bonds is 6. The normalized spacial score (nSPS) is 16.0. The van der Waals surface area contributed by atoms with Crippen molar-refractivity contribution in [3.63, 3.8) is 0 Å². The van der Waals surface area contributed by atoms with E-state index in [0.717, 1.165) is 29.7 Å². The zero-order chi connectivity index (χ0) is 21.0. The van der Waals surface area contributed by atoms with Crippen molar-refractivity contribution in [2.45, 2.75) is 33.1 Å². The van der Waals surface area contributed by atoms with Crippen LogP contribution in [0.5, 0.6) is 0 Å². The largest absolute Gasteiger partial charge is 0.465 e. The fraction of sp³-hybridized carbons (Fsp3) is 0.348. The highest BCUT2D eigenvalue weighted by molar-refractivity contribution is 6.04. The predicted molar refractivity (Wildman–Crippen MR) is 112 cm³/mol. The Kier molecular flexibility index (Phi) is 6.32. The van der Waals surface area contributed by atoms with Crippen LogP contribution in [-0.2, 0) is 27.2 Å². The summed E-state index contributed by atoms with van der Waals surface area (Å²) in [6.07, 6.45) is 1.85. The van der Waals surface area contributed by atoms with E-state index >= 15 is 0 Å². The van der Waals surface area contributed by atoms with Crippen molar-refractivity contribution in [2.75, 3.05) is 23.9 Å². The molecule has 2 aromatic rings. The number of nitrogens with one attached hydrogen (secondary N) is 1. The minimum atomic E-state index is -0.429. The van der Waals surface area contributed by atoms with Crippen molar-refractivity contribution in [3.8, 4) is 0 Å². The number of anilines is 2. The molecule has 0 aromatic heterocycles. The Hall–Kier alpha value is -3.15. The van der Waals surface area contributed by atoms with Gasteiger partial charge in [0.2, 0.25) is 11.8 Å². The zero-order valence-electron chi connectivity index (χ0n) is 17.0. The van der Waals surface area contributed by atoms with E-state index in [4.69, 9.17) is 0 Å². The first-order chi connectivity index (χ1) is 14.0. The van der Waals surface area contributed by atoms with Gasteiger partial charge in [-0.2, -0.15) is 0 Å². The molecule has 29 heavy (non-hydrogen) atoms. The molecule has 0 saturated carbocycles. The van der Waals surface area contributed by atoms with Gasteiger partial charge >= 0.3 is 5.97 Å². The van der Waals surface area contributed by atoms with E-state index in [1.807, 2.05) is 18.2 Å². The van der Waals surface area contributed by atoms with Gasteiger partial charge in [0.1, 0.15) is 0 Å². The molecule has 2 aromatic carbocycles. The molecule has 2 amide bonds. The second-order valence-electron chi connectivity index (χ2n) is 7.10. The molecular formula is C23H26N2O4. The SMILES string of the molecule is CCc1cccc(CC)c1N1C[C@@H](C(=O)Nc2ccc(C(=O)OC)cc2)CC1=O. The molecule has 1 saturated heterocycles. The second-order valence-corrected chi connectivity index (χ2v) is 7.10. The third-order valence-electron chi connectivity index (χ3n) is 5.30. The number of ether oxygens (including phenoxy) is 1. The van der Waals surface area contributed by atoms with Crippen molar-refractivity contribution >= 4 is 29.2 Å². The van der Waals surface area contributed by atoms with Crippen LogP contribution in [0.25, 0.3) is 0 Å². The van der Waals surface area contributed by atoms with Gasteiger partial charge < -0.3 is 15.0 Å². The summed E-state index contributed by atoms with van der Waals surface area (Å²) in [6.45, 7) is 4.51. The second kappa shape index (κ2) is 8.90. The summed E-state index contributed by atoms with van der Waals surface area (Å²) in [7, 11) is 1.32. The van der Waals surface area contributed by atoms with Crippen LogP contribution >= 0.6 is 0 Å². The third-order valence-corrected chi connectivity index (χ3v) is 5.30. The minimum Gasteiger partial charge on any atom is -0.465 e. The number of hydrogen-bond donors (Lipinski definition) is 1. The number of carbonyl (C=O) groups is 3. The summed E-state index contributed by atoms with van der Waals surface area (Å²) in [5.41, 5.74) is 4.20. The lowest BCUT2D eigenvalue weighted by Crippen LogP contribution is -2.29. The standard InChI is InChI=1S/C23H26N2O4/c1-4-15-7-6-8-16(5-2)21(15)25-14-18(13-20(25)26)22(27)24-19-11-9-17(10-12-19)23(28)29-3/h6-12,18H,4-5,13-14H2,1-3H3,(H,24,27)/t18-/m0/s1. The molecule has 0 bridgehead atoms. The van der Waals surface area contributed by atoms with Crippen LogP contribution in [0.2, 0.25) is 0 Å². The van der Waals surface area contributed by atoms with Crippen LogP contribution in [0.15, 0.2) is 42.5 Å². The topological polar surface area (TPSA) is 75.7 Å². The van der Waals surface area contributed by atoms with E-state index in [1.54, 1.807) is 29.2 Å². The molecule has 1 atom stereocenters. The van der Waals surface area contributed by atoms with E-state index in [1.165, 1.54) is 7.11 Å². The molecule has 0 radical (unpaired) electrons. The average molecular weight is 394 g/mol. The van der Waals surface area contributed by atoms with Crippen LogP contribution < -0.4 is 10.2 Å². The van der Waals surface area contributed by atoms with Gasteiger partial charge in [0.05, 0.1) is 18.6 Å². The van der Waals surface area contributed by atoms with Crippen LogP contribution in [-0.4, -0.2) is 31.4 Å². The number of methoxy groups -OCH3 is 1. The summed E-state index contributed by atoms with van der Waals surface area (Å²) in [5, 5.41) is 2.85. The minimum absolute atomic E-state index is 0.0261. The highest BCUT2D eigenvalue weighted by atomic mass is 16.5. The maximum absolute atomic E-state index is 12.7. The highest BCUT2D eigenvalue weighted by Gasteiger charge is 2.36. The van der Waals surface area contributed by atoms with Crippen molar-refractivity contribution in [1.82, 2.24) is 0 Å². The molecule has 1 N–H and O–H groups in total. The van der Waals surface area contributed by atoms with E-state index in [2.05, 4.69) is 23.9 Å². The summed E-state index contributed by atoms with van der Waals surface area (Å²) < 4.78 is 4.67. The number of benzene rings is 2. The summed E-state index contributed by atoms with van der Waals surface area (Å²) in [6, 6.07) is 12.6. The number of nitrogens with zero attached hydrogens (tertiary/aromatic N) is 1. The van der Waals surface area contributed by atoms with Crippen molar-refractivity contribution in [1.29, 1.82) is 0 Å². The Morgan fingerprint density at radius 1 is 1.07 bits per heavy atom. The predicted octanol–water partition coefficient (Wildman–Crippen LogP) is 3.59. The number of hydrogen-bond acceptors (Lipinski definition) is 4. The van der Waals surface area contributed by atoms with Gasteiger partial charge in [0, 0.05) is 24.3 Å². The van der Waals surface area contributed by atoms with Gasteiger partial charge in [-0.15, -0.1) is 0 Å². The van der Waals surface area contributed by atoms with Crippen LogP contribution in [0.1, 0.15) is 41.8 Å². The highest BCUT2D eigenvalue weighted by Crippen LogP contribution is 2.32. The maximum Gasteiger partial charge on any atom is 0.337 e. The monoisotopic (exact) mass is 394 g/mol. The number of esters is 1. The van der Waals surface area contributed by atoms with E-state index in [9.17, 15) is 14.4 Å². The first kappa shape index (κ1) is 20.6. The zero-order valence-corrected chi connectivity index (χ0v) is 17.0. The van der Waals surface area contributed by atoms with Crippen LogP contribution in [0.3, 0.4) is 0 Å². The molecule has 0 aliphatic carbocycles. The summed E-state index contributed by atoms with van der Waals surface area (Å²) in [4.78, 5) is 38.7. The van der Waals surface area contributed by atoms with Crippen molar-refractivity contribution < 1.29 is 19.1 Å². The van der Waals surface area contributed by atoms with Crippen molar-refractivity contribution in [3.05, 3.63) is 59.2 Å². The number of amides is 2. The Morgan fingerprint density at radius 2 is 1.69 bits per heavy atom. The smallest absolute Gasteiger partial charge is 0.337 e. The first-order valence-electron chi connectivity index (χ1n) is 9.88. The molecule has 1 aliphatic rings. The molecular weight excluding hydrogens is 368 g/mol. The third kappa shape index (κ3) is 4.31. The Bertz CT molecular complexity index is 899. The molecule has 0 unspecified atom stereocenters. The lowest BCUT2D eigenvalue weighted by molar-refractivity contribution is -0.122. The molecule has 1 heterocycles. The molecule has 6 heteroatoms. The fourth-order valence-electron chi connectivity index (χ4n) is 3.71. The number of carbonyl (C=O) groups excluding carboxylic acids is 3. The molecule has 152 valence electrons. The average Bonchev–Trinajstić information content (AvgIpc) is 3.14. The molecule has 3 rings (SSSR count). The number of para-hydroxylation sites is 1. The lowest BCUT2D eigenvalue weighted by atomic mass is 10.0. The first-order valence-corrected chi connectivity index (χ1v) is 9.88. The van der Waals surface area contributed by atoms with Crippen LogP contribution in [0.4, 0.5) is 11.4 Å². The van der Waals surface area contributed by atoms with E-state index in [-0.39, 0.29) is 18.2 Å². The lowest BCUT2D eigenvalue weighted by Gasteiger charge is -2.23. The molecule has 0 spiro atoms. The maximum atomic E-state index is 12.7. The van der Waals surface area contributed by atoms with E-state index < -0.39 is 11.9 Å². The Labute approximate surface area is 170 Å². The van der Waals surface area contributed by atoms with Gasteiger partial charge in [-0.3, -0.25) is 9.59 Å². The summed E-state index contributed by atoms with van der Waals surface area (Å²) in [5.74, 6) is -1.07. The van der Waals surface area contributed by atoms with Gasteiger partial charge in [-0.05, 0) is 48.2 Å². The van der Waals surface area contributed by atoms with Gasteiger partial charge in [0.25, 0.3) is 0 Å². The van der Waals surface area contributed by atoms with Gasteiger partial charge in [-0.25, -0.2) is 4.79 Å². The van der Waals surface area contributed by atoms with E-state index in [0.29, 0.717) is 17.8 Å². The van der Waals surface area contributed by atoms with Crippen molar-refractivity contribution in [2.24, 2.45) is 5.92 Å². The Balaban J connectivity index is 1.74. The number of aryl methyl sites for hydroxylation is 2. The fourth-order valence-corrected chi connectivity index (χ4v) is 3.71. The molecule has 1 fully saturated rings. The molecule has 6 nitrogen and oxygen atoms in total. The quantitative estimate of drug-likeness (QED) is 0.760. The van der Waals surface area contributed by atoms with Gasteiger partial charge in [0.15, 0.2) is 0 Å². The Morgan fingerprint density at radius 3 is 2.24 bits per heavy atom. The molecule has 1 aliphatic heterocycles.